The molecule has 4 nitrogen and oxygen atoms in total. The van der Waals surface area contributed by atoms with Crippen LogP contribution >= 0.6 is 11.6 Å². The highest BCUT2D eigenvalue weighted by atomic mass is 35.5. The average molecular weight is 352 g/mol. The van der Waals surface area contributed by atoms with Gasteiger partial charge in [0.15, 0.2) is 0 Å². The maximum atomic E-state index is 12.7. The first-order valence-corrected chi connectivity index (χ1v) is 9.42. The summed E-state index contributed by atoms with van der Waals surface area (Å²) in [7, 11) is -3.40. The average Bonchev–Trinajstić information content (AvgIpc) is 2.55. The molecule has 0 aliphatic carbocycles. The van der Waals surface area contributed by atoms with Crippen LogP contribution in [0.4, 0.5) is 0 Å². The van der Waals surface area contributed by atoms with Crippen molar-refractivity contribution < 1.29 is 13.2 Å². The third kappa shape index (κ3) is 4.12. The Balaban J connectivity index is 1.74. The lowest BCUT2D eigenvalue weighted by Gasteiger charge is -2.32. The van der Waals surface area contributed by atoms with Gasteiger partial charge in [-0.05, 0) is 23.3 Å². The quantitative estimate of drug-likeness (QED) is 0.849. The smallest absolute Gasteiger partial charge is 0.218 e. The van der Waals surface area contributed by atoms with E-state index in [-0.39, 0.29) is 11.9 Å². The van der Waals surface area contributed by atoms with Gasteiger partial charge < -0.3 is 4.74 Å². The lowest BCUT2D eigenvalue weighted by atomic mass is 10.1. The maximum Gasteiger partial charge on any atom is 0.218 e. The number of ether oxygens (including phenoxy) is 1. The Morgan fingerprint density at radius 1 is 1.13 bits per heavy atom. The van der Waals surface area contributed by atoms with Gasteiger partial charge in [-0.3, -0.25) is 0 Å². The number of morpholine rings is 1. The molecule has 1 unspecified atom stereocenters. The lowest BCUT2D eigenvalue weighted by Crippen LogP contribution is -2.42. The Bertz CT molecular complexity index is 764. The van der Waals surface area contributed by atoms with E-state index in [2.05, 4.69) is 0 Å². The van der Waals surface area contributed by atoms with Crippen molar-refractivity contribution in [1.82, 2.24) is 4.31 Å². The van der Waals surface area contributed by atoms with Crippen LogP contribution in [0.15, 0.2) is 54.6 Å². The number of rotatable bonds is 4. The van der Waals surface area contributed by atoms with E-state index >= 15 is 0 Å². The number of hydrogen-bond donors (Lipinski definition) is 0. The fraction of sp³-hybridized carbons (Fsp3) is 0.294. The SMILES string of the molecule is O=S(=O)(Cc1cccc(Cl)c1)N1CCOC(c2ccccc2)C1. The molecule has 0 radical (unpaired) electrons. The Morgan fingerprint density at radius 2 is 1.91 bits per heavy atom. The minimum absolute atomic E-state index is 0.0466. The molecule has 2 aromatic rings. The minimum Gasteiger partial charge on any atom is -0.371 e. The summed E-state index contributed by atoms with van der Waals surface area (Å²) in [6.07, 6.45) is -0.223. The van der Waals surface area contributed by atoms with E-state index < -0.39 is 10.0 Å². The summed E-state index contributed by atoms with van der Waals surface area (Å²) in [5.74, 6) is -0.0466. The summed E-state index contributed by atoms with van der Waals surface area (Å²) in [6, 6.07) is 16.7. The molecular weight excluding hydrogens is 334 g/mol. The van der Waals surface area contributed by atoms with E-state index in [0.717, 1.165) is 5.56 Å². The summed E-state index contributed by atoms with van der Waals surface area (Å²) in [5.41, 5.74) is 1.69. The van der Waals surface area contributed by atoms with E-state index in [0.29, 0.717) is 30.3 Å². The van der Waals surface area contributed by atoms with Crippen LogP contribution in [0.1, 0.15) is 17.2 Å². The summed E-state index contributed by atoms with van der Waals surface area (Å²) in [6.45, 7) is 1.12. The molecule has 122 valence electrons. The third-order valence-corrected chi connectivity index (χ3v) is 5.88. The summed E-state index contributed by atoms with van der Waals surface area (Å²) in [4.78, 5) is 0. The van der Waals surface area contributed by atoms with Gasteiger partial charge >= 0.3 is 0 Å². The molecule has 2 aromatic carbocycles. The van der Waals surface area contributed by atoms with Gasteiger partial charge in [0.1, 0.15) is 0 Å². The molecule has 1 aliphatic rings. The van der Waals surface area contributed by atoms with Gasteiger partial charge in [0.25, 0.3) is 0 Å². The molecule has 23 heavy (non-hydrogen) atoms. The van der Waals surface area contributed by atoms with Gasteiger partial charge in [0.2, 0.25) is 10.0 Å². The van der Waals surface area contributed by atoms with Gasteiger partial charge in [-0.25, -0.2) is 8.42 Å². The molecule has 0 aromatic heterocycles. The summed E-state index contributed by atoms with van der Waals surface area (Å²) in [5, 5.41) is 0.543. The molecule has 1 atom stereocenters. The van der Waals surface area contributed by atoms with Crippen LogP contribution in [0.5, 0.6) is 0 Å². The molecule has 1 fully saturated rings. The topological polar surface area (TPSA) is 46.6 Å². The molecule has 1 aliphatic heterocycles. The summed E-state index contributed by atoms with van der Waals surface area (Å²) < 4.78 is 32.6. The monoisotopic (exact) mass is 351 g/mol. The van der Waals surface area contributed by atoms with Crippen LogP contribution in [-0.2, 0) is 20.5 Å². The molecule has 1 heterocycles. The fourth-order valence-electron chi connectivity index (χ4n) is 2.68. The number of halogens is 1. The first-order chi connectivity index (χ1) is 11.0. The Hall–Kier alpha value is -1.40. The van der Waals surface area contributed by atoms with E-state index in [9.17, 15) is 8.42 Å². The van der Waals surface area contributed by atoms with Crippen molar-refractivity contribution in [3.05, 3.63) is 70.7 Å². The second kappa shape index (κ2) is 7.01. The van der Waals surface area contributed by atoms with Crippen LogP contribution in [0.25, 0.3) is 0 Å². The van der Waals surface area contributed by atoms with E-state index in [1.807, 2.05) is 30.3 Å². The molecular formula is C17H18ClNO3S. The highest BCUT2D eigenvalue weighted by molar-refractivity contribution is 7.88. The second-order valence-electron chi connectivity index (χ2n) is 5.51. The maximum absolute atomic E-state index is 12.7. The molecule has 1 saturated heterocycles. The predicted molar refractivity (Wildman–Crippen MR) is 90.8 cm³/mol. The van der Waals surface area contributed by atoms with Crippen molar-refractivity contribution in [2.45, 2.75) is 11.9 Å². The normalized spacial score (nSPS) is 19.6. The number of hydrogen-bond acceptors (Lipinski definition) is 3. The van der Waals surface area contributed by atoms with Gasteiger partial charge in [-0.1, -0.05) is 54.1 Å². The molecule has 0 saturated carbocycles. The third-order valence-electron chi connectivity index (χ3n) is 3.83. The van der Waals surface area contributed by atoms with Crippen molar-refractivity contribution in [3.63, 3.8) is 0 Å². The van der Waals surface area contributed by atoms with Crippen LogP contribution < -0.4 is 0 Å². The molecule has 0 spiro atoms. The minimum atomic E-state index is -3.40. The van der Waals surface area contributed by atoms with E-state index in [1.165, 1.54) is 4.31 Å². The molecule has 0 N–H and O–H groups in total. The van der Waals surface area contributed by atoms with Crippen molar-refractivity contribution in [2.75, 3.05) is 19.7 Å². The van der Waals surface area contributed by atoms with Crippen LogP contribution in [0.3, 0.4) is 0 Å². The van der Waals surface area contributed by atoms with Gasteiger partial charge in [-0.15, -0.1) is 0 Å². The van der Waals surface area contributed by atoms with Gasteiger partial charge in [0, 0.05) is 18.1 Å². The molecule has 3 rings (SSSR count). The highest BCUT2D eigenvalue weighted by Gasteiger charge is 2.30. The molecule has 6 heteroatoms. The van der Waals surface area contributed by atoms with E-state index in [4.69, 9.17) is 16.3 Å². The number of benzene rings is 2. The Labute approximate surface area is 141 Å². The zero-order valence-corrected chi connectivity index (χ0v) is 14.1. The fourth-order valence-corrected chi connectivity index (χ4v) is 4.39. The zero-order valence-electron chi connectivity index (χ0n) is 12.6. The molecule has 0 amide bonds. The second-order valence-corrected chi connectivity index (χ2v) is 7.92. The van der Waals surface area contributed by atoms with Crippen molar-refractivity contribution in [3.8, 4) is 0 Å². The van der Waals surface area contributed by atoms with Crippen molar-refractivity contribution >= 4 is 21.6 Å². The first-order valence-electron chi connectivity index (χ1n) is 7.43. The first kappa shape index (κ1) is 16.5. The predicted octanol–water partition coefficient (Wildman–Crippen LogP) is 3.24. The largest absolute Gasteiger partial charge is 0.371 e. The van der Waals surface area contributed by atoms with Crippen molar-refractivity contribution in [2.24, 2.45) is 0 Å². The highest BCUT2D eigenvalue weighted by Crippen LogP contribution is 2.25. The zero-order chi connectivity index (χ0) is 16.3. The van der Waals surface area contributed by atoms with E-state index in [1.54, 1.807) is 24.3 Å². The lowest BCUT2D eigenvalue weighted by molar-refractivity contribution is -0.00260. The molecule has 0 bridgehead atoms. The van der Waals surface area contributed by atoms with Gasteiger partial charge in [0.05, 0.1) is 18.5 Å². The standard InChI is InChI=1S/C17H18ClNO3S/c18-16-8-4-5-14(11-16)13-23(20,21)19-9-10-22-17(12-19)15-6-2-1-3-7-15/h1-8,11,17H,9-10,12-13H2. The summed E-state index contributed by atoms with van der Waals surface area (Å²) >= 11 is 5.93. The van der Waals surface area contributed by atoms with Crippen LogP contribution in [0.2, 0.25) is 5.02 Å². The van der Waals surface area contributed by atoms with Crippen LogP contribution in [-0.4, -0.2) is 32.4 Å². The van der Waals surface area contributed by atoms with Gasteiger partial charge in [-0.2, -0.15) is 4.31 Å². The number of nitrogens with zero attached hydrogens (tertiary/aromatic N) is 1. The number of sulfonamides is 1. The van der Waals surface area contributed by atoms with Crippen LogP contribution in [0, 0.1) is 0 Å². The van der Waals surface area contributed by atoms with Crippen molar-refractivity contribution in [1.29, 1.82) is 0 Å². The Kier molecular flexibility index (Phi) is 5.02. The Morgan fingerprint density at radius 3 is 2.65 bits per heavy atom.